The predicted molar refractivity (Wildman–Crippen MR) is 92.8 cm³/mol. The first-order valence-corrected chi connectivity index (χ1v) is 7.73. The van der Waals surface area contributed by atoms with Gasteiger partial charge in [-0.25, -0.2) is 4.68 Å². The van der Waals surface area contributed by atoms with Crippen LogP contribution in [0.1, 0.15) is 5.56 Å². The summed E-state index contributed by atoms with van der Waals surface area (Å²) in [5.74, 6) is -0.431. The Morgan fingerprint density at radius 1 is 1.15 bits per heavy atom. The smallest absolute Gasteiger partial charge is 0.285 e. The lowest BCUT2D eigenvalue weighted by atomic mass is 10.3. The molecule has 3 rings (SSSR count). The number of nitro groups is 1. The minimum Gasteiger partial charge on any atom is -0.350 e. The summed E-state index contributed by atoms with van der Waals surface area (Å²) in [6.07, 6.45) is 4.47. The molecule has 0 spiro atoms. The van der Waals surface area contributed by atoms with Gasteiger partial charge in [0.05, 0.1) is 23.0 Å². The van der Waals surface area contributed by atoms with Crippen LogP contribution in [0, 0.1) is 10.1 Å². The molecule has 9 nitrogen and oxygen atoms in total. The zero-order valence-corrected chi connectivity index (χ0v) is 13.6. The van der Waals surface area contributed by atoms with Crippen LogP contribution in [0.25, 0.3) is 5.69 Å². The Hall–Kier alpha value is -3.75. The number of hydrogen-bond acceptors (Lipinski definition) is 5. The molecular formula is C17H15N5O4. The van der Waals surface area contributed by atoms with Crippen LogP contribution in [0.4, 0.5) is 5.69 Å². The fourth-order valence-electron chi connectivity index (χ4n) is 2.33. The SMILES string of the molecule is O=C(Cn1cc([N+](=O)[O-])ccc1=O)NCc1cnn(-c2ccccc2)c1. The molecule has 1 amide bonds. The number of hydrogen-bond donors (Lipinski definition) is 1. The van der Waals surface area contributed by atoms with Gasteiger partial charge in [-0.05, 0) is 12.1 Å². The second-order valence-electron chi connectivity index (χ2n) is 5.52. The topological polar surface area (TPSA) is 112 Å². The maximum absolute atomic E-state index is 12.0. The lowest BCUT2D eigenvalue weighted by Gasteiger charge is -2.06. The molecule has 1 aromatic carbocycles. The molecule has 1 N–H and O–H groups in total. The van der Waals surface area contributed by atoms with E-state index in [2.05, 4.69) is 10.4 Å². The number of benzene rings is 1. The first-order valence-electron chi connectivity index (χ1n) is 7.73. The summed E-state index contributed by atoms with van der Waals surface area (Å²) >= 11 is 0. The van der Waals surface area contributed by atoms with Crippen molar-refractivity contribution in [2.75, 3.05) is 0 Å². The summed E-state index contributed by atoms with van der Waals surface area (Å²) in [5, 5.41) is 17.7. The van der Waals surface area contributed by atoms with Gasteiger partial charge in [0.2, 0.25) is 5.91 Å². The molecule has 0 aliphatic heterocycles. The van der Waals surface area contributed by atoms with E-state index in [9.17, 15) is 19.7 Å². The fraction of sp³-hybridized carbons (Fsp3) is 0.118. The van der Waals surface area contributed by atoms with Crippen molar-refractivity contribution in [3.63, 3.8) is 0 Å². The summed E-state index contributed by atoms with van der Waals surface area (Å²) in [6, 6.07) is 11.7. The number of rotatable bonds is 6. The van der Waals surface area contributed by atoms with Crippen molar-refractivity contribution >= 4 is 11.6 Å². The molecule has 0 fully saturated rings. The molecule has 0 unspecified atom stereocenters. The van der Waals surface area contributed by atoms with Gasteiger partial charge in [-0.2, -0.15) is 5.10 Å². The molecule has 0 radical (unpaired) electrons. The van der Waals surface area contributed by atoms with Gasteiger partial charge < -0.3 is 5.32 Å². The van der Waals surface area contributed by atoms with E-state index in [1.54, 1.807) is 17.1 Å². The van der Waals surface area contributed by atoms with Crippen molar-refractivity contribution in [1.82, 2.24) is 19.7 Å². The predicted octanol–water partition coefficient (Wildman–Crippen LogP) is 1.26. The standard InChI is InChI=1S/C17H15N5O4/c23-16(12-20-11-15(22(25)26)6-7-17(20)24)18-8-13-9-19-21(10-13)14-4-2-1-3-5-14/h1-7,9-11H,8,12H2,(H,18,23). The third-order valence-electron chi connectivity index (χ3n) is 3.64. The van der Waals surface area contributed by atoms with E-state index in [0.29, 0.717) is 0 Å². The van der Waals surface area contributed by atoms with Gasteiger partial charge in [0.25, 0.3) is 11.2 Å². The summed E-state index contributed by atoms with van der Waals surface area (Å²) in [6.45, 7) is -0.0668. The quantitative estimate of drug-likeness (QED) is 0.529. The van der Waals surface area contributed by atoms with E-state index in [0.717, 1.165) is 34.1 Å². The molecule has 0 saturated heterocycles. The molecule has 0 aliphatic carbocycles. The lowest BCUT2D eigenvalue weighted by Crippen LogP contribution is -2.31. The summed E-state index contributed by atoms with van der Waals surface area (Å²) in [7, 11) is 0. The maximum atomic E-state index is 12.0. The number of nitrogens with zero attached hydrogens (tertiary/aromatic N) is 4. The number of pyridine rings is 1. The average Bonchev–Trinajstić information content (AvgIpc) is 3.11. The number of nitrogens with one attached hydrogen (secondary N) is 1. The maximum Gasteiger partial charge on any atom is 0.285 e. The van der Waals surface area contributed by atoms with Crippen LogP contribution in [-0.4, -0.2) is 25.2 Å². The first-order chi connectivity index (χ1) is 12.5. The minimum absolute atomic E-state index is 0.231. The second-order valence-corrected chi connectivity index (χ2v) is 5.52. The van der Waals surface area contributed by atoms with Gasteiger partial charge in [-0.15, -0.1) is 0 Å². The third-order valence-corrected chi connectivity index (χ3v) is 3.64. The van der Waals surface area contributed by atoms with Crippen LogP contribution in [-0.2, 0) is 17.9 Å². The lowest BCUT2D eigenvalue weighted by molar-refractivity contribution is -0.385. The van der Waals surface area contributed by atoms with Crippen LogP contribution >= 0.6 is 0 Å². The Kier molecular flexibility index (Phi) is 4.88. The Labute approximate surface area is 147 Å². The number of amides is 1. The van der Waals surface area contributed by atoms with Crippen LogP contribution in [0.3, 0.4) is 0 Å². The van der Waals surface area contributed by atoms with E-state index in [1.807, 2.05) is 30.3 Å². The Morgan fingerprint density at radius 2 is 1.92 bits per heavy atom. The van der Waals surface area contributed by atoms with Crippen LogP contribution in [0.15, 0.2) is 65.8 Å². The number of aromatic nitrogens is 3. The fourth-order valence-corrected chi connectivity index (χ4v) is 2.33. The molecule has 0 aliphatic rings. The highest BCUT2D eigenvalue weighted by atomic mass is 16.6. The molecule has 26 heavy (non-hydrogen) atoms. The minimum atomic E-state index is -0.619. The highest BCUT2D eigenvalue weighted by molar-refractivity contribution is 5.75. The molecule has 132 valence electrons. The van der Waals surface area contributed by atoms with Gasteiger partial charge in [0.15, 0.2) is 0 Å². The van der Waals surface area contributed by atoms with E-state index in [4.69, 9.17) is 0 Å². The molecule has 3 aromatic rings. The van der Waals surface area contributed by atoms with Gasteiger partial charge in [0, 0.05) is 30.4 Å². The van der Waals surface area contributed by atoms with E-state index in [1.165, 1.54) is 0 Å². The van der Waals surface area contributed by atoms with Crippen molar-refractivity contribution < 1.29 is 9.72 Å². The molecule has 2 heterocycles. The van der Waals surface area contributed by atoms with Gasteiger partial charge in [0.1, 0.15) is 6.54 Å². The molecule has 0 bridgehead atoms. The Bertz CT molecular complexity index is 994. The zero-order chi connectivity index (χ0) is 18.5. The van der Waals surface area contributed by atoms with Crippen molar-refractivity contribution in [2.45, 2.75) is 13.1 Å². The van der Waals surface area contributed by atoms with E-state index < -0.39 is 16.4 Å². The van der Waals surface area contributed by atoms with E-state index in [-0.39, 0.29) is 18.8 Å². The number of carbonyl (C=O) groups is 1. The van der Waals surface area contributed by atoms with Crippen LogP contribution < -0.4 is 10.9 Å². The Morgan fingerprint density at radius 3 is 2.65 bits per heavy atom. The largest absolute Gasteiger partial charge is 0.350 e. The zero-order valence-electron chi connectivity index (χ0n) is 13.6. The average molecular weight is 353 g/mol. The first kappa shape index (κ1) is 17.1. The molecule has 0 saturated carbocycles. The van der Waals surface area contributed by atoms with Crippen molar-refractivity contribution in [2.24, 2.45) is 0 Å². The van der Waals surface area contributed by atoms with Gasteiger partial charge in [-0.3, -0.25) is 24.3 Å². The number of para-hydroxylation sites is 1. The molecule has 0 atom stereocenters. The van der Waals surface area contributed by atoms with E-state index >= 15 is 0 Å². The summed E-state index contributed by atoms with van der Waals surface area (Å²) < 4.78 is 2.69. The van der Waals surface area contributed by atoms with Crippen molar-refractivity contribution in [3.8, 4) is 5.69 Å². The Balaban J connectivity index is 1.62. The van der Waals surface area contributed by atoms with Crippen molar-refractivity contribution in [1.29, 1.82) is 0 Å². The van der Waals surface area contributed by atoms with Crippen LogP contribution in [0.5, 0.6) is 0 Å². The normalized spacial score (nSPS) is 10.5. The third kappa shape index (κ3) is 4.01. The van der Waals surface area contributed by atoms with Crippen LogP contribution in [0.2, 0.25) is 0 Å². The second kappa shape index (κ2) is 7.43. The molecule has 2 aromatic heterocycles. The summed E-state index contributed by atoms with van der Waals surface area (Å²) in [4.78, 5) is 33.9. The summed E-state index contributed by atoms with van der Waals surface area (Å²) in [5.41, 5.74) is 0.950. The van der Waals surface area contributed by atoms with Gasteiger partial charge >= 0.3 is 0 Å². The highest BCUT2D eigenvalue weighted by Gasteiger charge is 2.11. The van der Waals surface area contributed by atoms with Gasteiger partial charge in [-0.1, -0.05) is 18.2 Å². The monoisotopic (exact) mass is 353 g/mol. The molecule has 9 heteroatoms. The number of carbonyl (C=O) groups excluding carboxylic acids is 1. The highest BCUT2D eigenvalue weighted by Crippen LogP contribution is 2.08. The molecular weight excluding hydrogens is 338 g/mol. The van der Waals surface area contributed by atoms with Crippen molar-refractivity contribution in [3.05, 3.63) is 87.1 Å².